The predicted octanol–water partition coefficient (Wildman–Crippen LogP) is 1.38. The average Bonchev–Trinajstić information content (AvgIpc) is 2.62. The molecule has 1 N–H and O–H groups in total. The first kappa shape index (κ1) is 17.7. The third-order valence-corrected chi connectivity index (χ3v) is 4.41. The van der Waals surface area contributed by atoms with Gasteiger partial charge in [-0.05, 0) is 24.6 Å². The highest BCUT2D eigenvalue weighted by Gasteiger charge is 2.42. The van der Waals surface area contributed by atoms with Gasteiger partial charge in [0.05, 0.1) is 19.8 Å². The fraction of sp³-hybridized carbons (Fsp3) is 0.471. The fourth-order valence-corrected chi connectivity index (χ4v) is 3.03. The lowest BCUT2D eigenvalue weighted by Gasteiger charge is -2.35. The summed E-state index contributed by atoms with van der Waals surface area (Å²) in [5.41, 5.74) is 0.739. The number of hydrogen-bond donors (Lipinski definition) is 1. The normalized spacial score (nSPS) is 23.7. The summed E-state index contributed by atoms with van der Waals surface area (Å²) < 4.78 is 10.4. The molecule has 0 unspecified atom stereocenters. The van der Waals surface area contributed by atoms with E-state index in [1.807, 2.05) is 4.90 Å². The number of esters is 1. The summed E-state index contributed by atoms with van der Waals surface area (Å²) in [6, 6.07) is 6.34. The van der Waals surface area contributed by atoms with Crippen LogP contribution in [0.1, 0.15) is 18.5 Å². The van der Waals surface area contributed by atoms with Crippen molar-refractivity contribution >= 4 is 29.4 Å². The van der Waals surface area contributed by atoms with E-state index in [4.69, 9.17) is 21.1 Å². The Hall–Kier alpha value is -2.12. The maximum Gasteiger partial charge on any atom is 0.321 e. The minimum Gasteiger partial charge on any atom is -0.465 e. The molecule has 0 bridgehead atoms. The van der Waals surface area contributed by atoms with Gasteiger partial charge < -0.3 is 14.4 Å². The number of halogens is 1. The molecule has 1 aromatic carbocycles. The number of rotatable bonds is 3. The molecule has 2 heterocycles. The first-order valence-electron chi connectivity index (χ1n) is 8.23. The molecule has 0 radical (unpaired) electrons. The zero-order valence-corrected chi connectivity index (χ0v) is 14.7. The molecule has 2 atom stereocenters. The molecule has 1 fully saturated rings. The van der Waals surface area contributed by atoms with Crippen LogP contribution in [0.5, 0.6) is 0 Å². The summed E-state index contributed by atoms with van der Waals surface area (Å²) in [5, 5.41) is 3.32. The van der Waals surface area contributed by atoms with Gasteiger partial charge in [0.1, 0.15) is 6.04 Å². The molecule has 134 valence electrons. The van der Waals surface area contributed by atoms with Gasteiger partial charge in [-0.15, -0.1) is 0 Å². The van der Waals surface area contributed by atoms with Crippen LogP contribution in [0, 0.1) is 5.92 Å². The molecule has 25 heavy (non-hydrogen) atoms. The molecule has 0 aliphatic carbocycles. The van der Waals surface area contributed by atoms with Crippen LogP contribution in [-0.4, -0.2) is 55.6 Å². The van der Waals surface area contributed by atoms with Gasteiger partial charge in [-0.3, -0.25) is 14.9 Å². The number of benzene rings is 1. The van der Waals surface area contributed by atoms with E-state index in [-0.39, 0.29) is 6.61 Å². The van der Waals surface area contributed by atoms with Crippen molar-refractivity contribution in [3.05, 3.63) is 34.9 Å². The second kappa shape index (κ2) is 7.84. The Morgan fingerprint density at radius 2 is 2.04 bits per heavy atom. The van der Waals surface area contributed by atoms with Crippen LogP contribution in [0.4, 0.5) is 0 Å². The van der Waals surface area contributed by atoms with Gasteiger partial charge in [-0.1, -0.05) is 23.7 Å². The monoisotopic (exact) mass is 365 g/mol. The van der Waals surface area contributed by atoms with Gasteiger partial charge in [0.15, 0.2) is 5.92 Å². The number of carbonyl (C=O) groups excluding carboxylic acids is 2. The fourth-order valence-electron chi connectivity index (χ4n) is 2.90. The van der Waals surface area contributed by atoms with Crippen LogP contribution in [0.15, 0.2) is 29.3 Å². The Morgan fingerprint density at radius 3 is 2.68 bits per heavy atom. The molecule has 0 saturated carbocycles. The summed E-state index contributed by atoms with van der Waals surface area (Å²) in [7, 11) is 0. The lowest BCUT2D eigenvalue weighted by molar-refractivity contribution is -0.153. The minimum absolute atomic E-state index is 0.204. The van der Waals surface area contributed by atoms with Crippen LogP contribution >= 0.6 is 11.6 Å². The quantitative estimate of drug-likeness (QED) is 0.646. The van der Waals surface area contributed by atoms with E-state index in [2.05, 4.69) is 10.3 Å². The zero-order valence-electron chi connectivity index (χ0n) is 13.9. The van der Waals surface area contributed by atoms with Crippen molar-refractivity contribution in [2.75, 3.05) is 32.9 Å². The van der Waals surface area contributed by atoms with E-state index in [0.29, 0.717) is 37.3 Å². The van der Waals surface area contributed by atoms with Gasteiger partial charge in [0.25, 0.3) is 0 Å². The third-order valence-electron chi connectivity index (χ3n) is 4.16. The summed E-state index contributed by atoms with van der Waals surface area (Å²) in [4.78, 5) is 31.6. The molecule has 1 amide bonds. The first-order valence-corrected chi connectivity index (χ1v) is 8.61. The Balaban J connectivity index is 1.95. The molecule has 1 saturated heterocycles. The Labute approximate surface area is 150 Å². The topological polar surface area (TPSA) is 80.2 Å². The summed E-state index contributed by atoms with van der Waals surface area (Å²) >= 11 is 5.95. The molecule has 0 aromatic heterocycles. The van der Waals surface area contributed by atoms with Crippen molar-refractivity contribution in [2.45, 2.75) is 13.0 Å². The van der Waals surface area contributed by atoms with E-state index in [1.165, 1.54) is 0 Å². The van der Waals surface area contributed by atoms with Crippen molar-refractivity contribution in [2.24, 2.45) is 10.9 Å². The van der Waals surface area contributed by atoms with Gasteiger partial charge in [-0.25, -0.2) is 4.99 Å². The lowest BCUT2D eigenvalue weighted by Crippen LogP contribution is -2.55. The van der Waals surface area contributed by atoms with Crippen LogP contribution in [0.3, 0.4) is 0 Å². The second-order valence-electron chi connectivity index (χ2n) is 5.77. The van der Waals surface area contributed by atoms with E-state index >= 15 is 0 Å². The molecular formula is C17H20ClN3O4. The number of hydrogen-bond acceptors (Lipinski definition) is 6. The first-order chi connectivity index (χ1) is 12.1. The van der Waals surface area contributed by atoms with Crippen molar-refractivity contribution in [1.82, 2.24) is 10.2 Å². The van der Waals surface area contributed by atoms with E-state index in [0.717, 1.165) is 5.56 Å². The third kappa shape index (κ3) is 3.93. The smallest absolute Gasteiger partial charge is 0.321 e. The molecule has 0 spiro atoms. The van der Waals surface area contributed by atoms with Crippen LogP contribution in [0.25, 0.3) is 0 Å². The SMILES string of the molecule is CCOC(=O)[C@@H]1C(=O)NC(N2CCOCC2)=N[C@@H]1c1ccc(Cl)cc1. The molecule has 1 aromatic rings. The number of amides is 1. The van der Waals surface area contributed by atoms with Crippen molar-refractivity contribution in [3.63, 3.8) is 0 Å². The number of carbonyl (C=O) groups is 2. The van der Waals surface area contributed by atoms with E-state index in [1.54, 1.807) is 31.2 Å². The molecule has 2 aliphatic rings. The number of aliphatic imine (C=N–C) groups is 1. The summed E-state index contributed by atoms with van der Waals surface area (Å²) in [6.45, 7) is 4.32. The average molecular weight is 366 g/mol. The van der Waals surface area contributed by atoms with Gasteiger partial charge in [-0.2, -0.15) is 0 Å². The van der Waals surface area contributed by atoms with Gasteiger partial charge >= 0.3 is 5.97 Å². The highest BCUT2D eigenvalue weighted by molar-refractivity contribution is 6.30. The highest BCUT2D eigenvalue weighted by Crippen LogP contribution is 2.31. The van der Waals surface area contributed by atoms with E-state index < -0.39 is 23.8 Å². The van der Waals surface area contributed by atoms with Crippen LogP contribution in [-0.2, 0) is 19.1 Å². The lowest BCUT2D eigenvalue weighted by atomic mass is 9.91. The largest absolute Gasteiger partial charge is 0.465 e. The summed E-state index contributed by atoms with van der Waals surface area (Å²) in [5.74, 6) is -1.54. The van der Waals surface area contributed by atoms with Crippen molar-refractivity contribution in [1.29, 1.82) is 0 Å². The van der Waals surface area contributed by atoms with Crippen molar-refractivity contribution < 1.29 is 19.1 Å². The molecule has 7 nitrogen and oxygen atoms in total. The molecule has 8 heteroatoms. The Morgan fingerprint density at radius 1 is 1.36 bits per heavy atom. The Kier molecular flexibility index (Phi) is 5.55. The maximum absolute atomic E-state index is 12.6. The van der Waals surface area contributed by atoms with Crippen LogP contribution in [0.2, 0.25) is 5.02 Å². The molecular weight excluding hydrogens is 346 g/mol. The number of guanidine groups is 1. The molecule has 3 rings (SSSR count). The Bertz CT molecular complexity index is 671. The maximum atomic E-state index is 12.6. The number of nitrogens with one attached hydrogen (secondary N) is 1. The van der Waals surface area contributed by atoms with Crippen molar-refractivity contribution in [3.8, 4) is 0 Å². The van der Waals surface area contributed by atoms with E-state index in [9.17, 15) is 9.59 Å². The zero-order chi connectivity index (χ0) is 17.8. The number of morpholine rings is 1. The second-order valence-corrected chi connectivity index (χ2v) is 6.20. The summed E-state index contributed by atoms with van der Waals surface area (Å²) in [6.07, 6.45) is 0. The van der Waals surface area contributed by atoms with Gasteiger partial charge in [0.2, 0.25) is 11.9 Å². The standard InChI is InChI=1S/C17H20ClN3O4/c1-2-25-16(23)13-14(11-3-5-12(18)6-4-11)19-17(20-15(13)22)21-7-9-24-10-8-21/h3-6,13-14H,2,7-10H2,1H3,(H,19,20,22)/t13-,14+/m0/s1. The molecule has 2 aliphatic heterocycles. The minimum atomic E-state index is -1.02. The number of ether oxygens (including phenoxy) is 2. The van der Waals surface area contributed by atoms with Crippen LogP contribution < -0.4 is 5.32 Å². The predicted molar refractivity (Wildman–Crippen MR) is 92.3 cm³/mol. The highest BCUT2D eigenvalue weighted by atomic mass is 35.5. The number of nitrogens with zero attached hydrogens (tertiary/aromatic N) is 2. The van der Waals surface area contributed by atoms with Gasteiger partial charge in [0, 0.05) is 18.1 Å².